The van der Waals surface area contributed by atoms with Crippen LogP contribution in [0.2, 0.25) is 18.1 Å². The number of ether oxygens (including phenoxy) is 3. The van der Waals surface area contributed by atoms with Crippen LogP contribution in [-0.2, 0) is 23.4 Å². The van der Waals surface area contributed by atoms with Gasteiger partial charge in [0.1, 0.15) is 0 Å². The van der Waals surface area contributed by atoms with Crippen molar-refractivity contribution >= 4 is 14.3 Å². The maximum Gasteiger partial charge on any atom is 0.309 e. The summed E-state index contributed by atoms with van der Waals surface area (Å²) >= 11 is 0. The van der Waals surface area contributed by atoms with Gasteiger partial charge in [0.2, 0.25) is 0 Å². The summed E-state index contributed by atoms with van der Waals surface area (Å²) in [5.74, 6) is -0.826. The molecular formula is C19H36O5Si. The first-order chi connectivity index (χ1) is 11.5. The molecule has 0 bridgehead atoms. The van der Waals surface area contributed by atoms with E-state index in [2.05, 4.69) is 45.5 Å². The molecule has 0 aromatic rings. The minimum Gasteiger partial charge on any atom is -0.469 e. The standard InChI is InChI=1S/C19H36O5Si/c1-16(24-25(6,7)18(2,3)4)11-13-19(22-14-15-23-19)12-9-8-10-17(20)21-5/h8-9,16H,10-15H2,1-7H3/b9-8+/t16-/m1/s1. The normalized spacial score (nSPS) is 19.3. The molecule has 0 N–H and O–H groups in total. The molecule has 1 rings (SSSR count). The van der Waals surface area contributed by atoms with Gasteiger partial charge in [0.15, 0.2) is 14.1 Å². The fraction of sp³-hybridized carbons (Fsp3) is 0.842. The lowest BCUT2D eigenvalue weighted by Gasteiger charge is -2.39. The van der Waals surface area contributed by atoms with E-state index in [4.69, 9.17) is 13.9 Å². The maximum atomic E-state index is 11.2. The zero-order valence-electron chi connectivity index (χ0n) is 17.0. The van der Waals surface area contributed by atoms with Gasteiger partial charge in [-0.3, -0.25) is 4.79 Å². The third-order valence-electron chi connectivity index (χ3n) is 5.16. The van der Waals surface area contributed by atoms with Gasteiger partial charge in [-0.05, 0) is 31.5 Å². The summed E-state index contributed by atoms with van der Waals surface area (Å²) in [5.41, 5.74) is 0. The molecule has 0 unspecified atom stereocenters. The van der Waals surface area contributed by atoms with Gasteiger partial charge in [0.25, 0.3) is 0 Å². The number of hydrogen-bond acceptors (Lipinski definition) is 5. The lowest BCUT2D eigenvalue weighted by molar-refractivity contribution is -0.162. The summed E-state index contributed by atoms with van der Waals surface area (Å²) in [5, 5.41) is 0.204. The van der Waals surface area contributed by atoms with E-state index >= 15 is 0 Å². The third kappa shape index (κ3) is 7.21. The van der Waals surface area contributed by atoms with Crippen molar-refractivity contribution in [3.8, 4) is 0 Å². The van der Waals surface area contributed by atoms with Gasteiger partial charge < -0.3 is 18.6 Å². The molecule has 0 aromatic carbocycles. The van der Waals surface area contributed by atoms with Crippen molar-refractivity contribution in [1.82, 2.24) is 0 Å². The number of hydrogen-bond donors (Lipinski definition) is 0. The van der Waals surface area contributed by atoms with Gasteiger partial charge in [0, 0.05) is 18.9 Å². The second-order valence-corrected chi connectivity index (χ2v) is 13.0. The predicted molar refractivity (Wildman–Crippen MR) is 102 cm³/mol. The van der Waals surface area contributed by atoms with Crippen LogP contribution in [0.1, 0.15) is 53.4 Å². The summed E-state index contributed by atoms with van der Waals surface area (Å²) < 4.78 is 22.8. The maximum absolute atomic E-state index is 11.2. The molecule has 0 aliphatic carbocycles. The van der Waals surface area contributed by atoms with Crippen LogP contribution in [0.4, 0.5) is 0 Å². The van der Waals surface area contributed by atoms with E-state index in [1.54, 1.807) is 0 Å². The zero-order valence-corrected chi connectivity index (χ0v) is 18.0. The van der Waals surface area contributed by atoms with Crippen LogP contribution in [0.15, 0.2) is 12.2 Å². The Morgan fingerprint density at radius 3 is 2.36 bits per heavy atom. The van der Waals surface area contributed by atoms with Crippen LogP contribution in [0.25, 0.3) is 0 Å². The molecule has 0 aromatic heterocycles. The lowest BCUT2D eigenvalue weighted by Crippen LogP contribution is -2.43. The molecule has 1 atom stereocenters. The lowest BCUT2D eigenvalue weighted by atomic mass is 10.0. The molecule has 1 saturated heterocycles. The van der Waals surface area contributed by atoms with Crippen LogP contribution in [0.5, 0.6) is 0 Å². The largest absolute Gasteiger partial charge is 0.469 e. The van der Waals surface area contributed by atoms with E-state index in [9.17, 15) is 4.79 Å². The van der Waals surface area contributed by atoms with Gasteiger partial charge in [0.05, 0.1) is 26.7 Å². The monoisotopic (exact) mass is 372 g/mol. The SMILES string of the molecule is COC(=O)C/C=C/CC1(CC[C@@H](C)O[Si](C)(C)C(C)(C)C)OCCO1. The summed E-state index contributed by atoms with van der Waals surface area (Å²) in [6.07, 6.45) is 6.51. The van der Waals surface area contributed by atoms with Crippen LogP contribution < -0.4 is 0 Å². The third-order valence-corrected chi connectivity index (χ3v) is 9.76. The summed E-state index contributed by atoms with van der Waals surface area (Å²) in [4.78, 5) is 11.2. The zero-order chi connectivity index (χ0) is 19.1. The smallest absolute Gasteiger partial charge is 0.309 e. The molecule has 1 aliphatic rings. The summed E-state index contributed by atoms with van der Waals surface area (Å²) in [6, 6.07) is 0. The van der Waals surface area contributed by atoms with Crippen molar-refractivity contribution in [2.24, 2.45) is 0 Å². The molecule has 5 nitrogen and oxygen atoms in total. The molecule has 25 heavy (non-hydrogen) atoms. The molecular weight excluding hydrogens is 336 g/mol. The first kappa shape index (κ1) is 22.3. The molecule has 6 heteroatoms. The van der Waals surface area contributed by atoms with Gasteiger partial charge >= 0.3 is 5.97 Å². The minimum absolute atomic E-state index is 0.171. The Balaban J connectivity index is 2.53. The van der Waals surface area contributed by atoms with Crippen molar-refractivity contribution in [2.75, 3.05) is 20.3 Å². The minimum atomic E-state index is -1.76. The van der Waals surface area contributed by atoms with E-state index in [0.29, 0.717) is 19.6 Å². The number of carbonyl (C=O) groups excluding carboxylic acids is 1. The summed E-state index contributed by atoms with van der Waals surface area (Å²) in [6.45, 7) is 14.7. The first-order valence-corrected chi connectivity index (χ1v) is 12.1. The highest BCUT2D eigenvalue weighted by Crippen LogP contribution is 2.38. The number of rotatable bonds is 9. The average Bonchev–Trinajstić information content (AvgIpc) is 2.97. The van der Waals surface area contributed by atoms with E-state index in [0.717, 1.165) is 12.8 Å². The Morgan fingerprint density at radius 1 is 1.24 bits per heavy atom. The Kier molecular flexibility index (Phi) is 8.32. The molecule has 0 amide bonds. The van der Waals surface area contributed by atoms with Crippen molar-refractivity contribution in [1.29, 1.82) is 0 Å². The van der Waals surface area contributed by atoms with E-state index < -0.39 is 14.1 Å². The van der Waals surface area contributed by atoms with Crippen LogP contribution in [0.3, 0.4) is 0 Å². The second kappa shape index (κ2) is 9.30. The summed E-state index contributed by atoms with van der Waals surface area (Å²) in [7, 11) is -0.371. The van der Waals surface area contributed by atoms with E-state index in [-0.39, 0.29) is 23.5 Å². The molecule has 0 saturated carbocycles. The van der Waals surface area contributed by atoms with Gasteiger partial charge in [-0.15, -0.1) is 0 Å². The Labute approximate surface area is 154 Å². The van der Waals surface area contributed by atoms with Crippen molar-refractivity contribution in [3.05, 3.63) is 12.2 Å². The predicted octanol–water partition coefficient (Wildman–Crippen LogP) is 4.43. The topological polar surface area (TPSA) is 54.0 Å². The molecule has 146 valence electrons. The van der Waals surface area contributed by atoms with Crippen LogP contribution in [-0.4, -0.2) is 46.5 Å². The van der Waals surface area contributed by atoms with Crippen LogP contribution >= 0.6 is 0 Å². The number of esters is 1. The highest BCUT2D eigenvalue weighted by molar-refractivity contribution is 6.74. The molecule has 1 fully saturated rings. The second-order valence-electron chi connectivity index (χ2n) is 8.29. The van der Waals surface area contributed by atoms with Gasteiger partial charge in [-0.1, -0.05) is 32.9 Å². The molecule has 0 spiro atoms. The Bertz CT molecular complexity index is 447. The van der Waals surface area contributed by atoms with Crippen molar-refractivity contribution < 1.29 is 23.4 Å². The number of carbonyl (C=O) groups is 1. The Morgan fingerprint density at radius 2 is 1.84 bits per heavy atom. The molecule has 1 heterocycles. The van der Waals surface area contributed by atoms with Gasteiger partial charge in [-0.25, -0.2) is 0 Å². The molecule has 1 aliphatic heterocycles. The molecule has 0 radical (unpaired) electrons. The highest BCUT2D eigenvalue weighted by atomic mass is 28.4. The van der Waals surface area contributed by atoms with Crippen molar-refractivity contribution in [2.45, 2.75) is 83.4 Å². The number of methoxy groups -OCH3 is 1. The van der Waals surface area contributed by atoms with Crippen LogP contribution in [0, 0.1) is 0 Å². The highest BCUT2D eigenvalue weighted by Gasteiger charge is 2.40. The van der Waals surface area contributed by atoms with E-state index in [1.165, 1.54) is 7.11 Å². The quantitative estimate of drug-likeness (QED) is 0.340. The Hall–Kier alpha value is -0.693. The first-order valence-electron chi connectivity index (χ1n) is 9.19. The van der Waals surface area contributed by atoms with Crippen molar-refractivity contribution in [3.63, 3.8) is 0 Å². The fourth-order valence-corrected chi connectivity index (χ4v) is 4.03. The van der Waals surface area contributed by atoms with E-state index in [1.807, 2.05) is 12.2 Å². The average molecular weight is 373 g/mol. The van der Waals surface area contributed by atoms with Gasteiger partial charge in [-0.2, -0.15) is 0 Å². The fourth-order valence-electron chi connectivity index (χ4n) is 2.55.